The van der Waals surface area contributed by atoms with E-state index >= 15 is 4.39 Å². The van der Waals surface area contributed by atoms with Gasteiger partial charge in [0.15, 0.2) is 0 Å². The molecule has 5 nitrogen and oxygen atoms in total. The van der Waals surface area contributed by atoms with Crippen LogP contribution in [0, 0.1) is 0 Å². The molecule has 2 fully saturated rings. The van der Waals surface area contributed by atoms with Crippen molar-refractivity contribution in [2.75, 3.05) is 26.2 Å². The molecule has 0 aromatic carbocycles. The van der Waals surface area contributed by atoms with E-state index in [1.807, 2.05) is 20.0 Å². The fourth-order valence-corrected chi connectivity index (χ4v) is 5.64. The van der Waals surface area contributed by atoms with Gasteiger partial charge in [-0.05, 0) is 93.7 Å². The number of rotatable bonds is 6. The highest BCUT2D eigenvalue weighted by atomic mass is 19.1. The van der Waals surface area contributed by atoms with Gasteiger partial charge in [-0.15, -0.1) is 0 Å². The Hall–Kier alpha value is -2.99. The van der Waals surface area contributed by atoms with Crippen LogP contribution in [0.25, 0.3) is 0 Å². The number of allylic oxidation sites excluding steroid dienone is 9. The summed E-state index contributed by atoms with van der Waals surface area (Å²) in [7, 11) is 0. The van der Waals surface area contributed by atoms with Crippen LogP contribution in [0.4, 0.5) is 4.39 Å². The van der Waals surface area contributed by atoms with E-state index in [2.05, 4.69) is 46.0 Å². The van der Waals surface area contributed by atoms with Crippen molar-refractivity contribution in [1.29, 1.82) is 0 Å². The van der Waals surface area contributed by atoms with Gasteiger partial charge in [0.25, 0.3) is 5.91 Å². The SMILES string of the molecule is CCCC=C1C=CC(N2CCN(C3CC3)CC2)=CN1C(=O)/C=C(\C)C1=CCCC2=C(N=C(C)CC2)C(F)=C1. The number of carbonyl (C=O) groups excluding carboxylic acids is 1. The maximum atomic E-state index is 15.3. The smallest absolute Gasteiger partial charge is 0.255 e. The molecule has 5 rings (SSSR count). The molecule has 0 radical (unpaired) electrons. The zero-order chi connectivity index (χ0) is 26.6. The van der Waals surface area contributed by atoms with Crippen molar-refractivity contribution in [3.63, 3.8) is 0 Å². The van der Waals surface area contributed by atoms with E-state index in [9.17, 15) is 4.79 Å². The van der Waals surface area contributed by atoms with Gasteiger partial charge in [0, 0.05) is 55.9 Å². The molecule has 1 saturated heterocycles. The minimum atomic E-state index is -0.304. The normalized spacial score (nSPS) is 24.4. The van der Waals surface area contributed by atoms with Gasteiger partial charge in [-0.2, -0.15) is 0 Å². The molecule has 0 bridgehead atoms. The maximum Gasteiger partial charge on any atom is 0.255 e. The lowest BCUT2D eigenvalue weighted by atomic mass is 9.93. The van der Waals surface area contributed by atoms with E-state index < -0.39 is 0 Å². The summed E-state index contributed by atoms with van der Waals surface area (Å²) >= 11 is 0. The summed E-state index contributed by atoms with van der Waals surface area (Å²) in [6.07, 6.45) is 21.6. The molecule has 3 heterocycles. The Labute approximate surface area is 227 Å². The number of aliphatic imine (C=N–C) groups is 1. The molecule has 3 aliphatic heterocycles. The Morgan fingerprint density at radius 1 is 1.13 bits per heavy atom. The molecule has 0 aromatic heterocycles. The third-order valence-electron chi connectivity index (χ3n) is 8.13. The van der Waals surface area contributed by atoms with Gasteiger partial charge in [0.1, 0.15) is 5.83 Å². The minimum absolute atomic E-state index is 0.105. The maximum absolute atomic E-state index is 15.3. The highest BCUT2D eigenvalue weighted by Crippen LogP contribution is 2.33. The summed E-state index contributed by atoms with van der Waals surface area (Å²) < 4.78 is 15.3. The average Bonchev–Trinajstić information content (AvgIpc) is 3.76. The largest absolute Gasteiger partial charge is 0.368 e. The van der Waals surface area contributed by atoms with Gasteiger partial charge in [-0.1, -0.05) is 25.5 Å². The van der Waals surface area contributed by atoms with Crippen LogP contribution in [-0.4, -0.2) is 58.5 Å². The van der Waals surface area contributed by atoms with Crippen molar-refractivity contribution in [2.24, 2.45) is 4.99 Å². The van der Waals surface area contributed by atoms with E-state index in [-0.39, 0.29) is 11.7 Å². The fraction of sp³-hybridized carbons (Fsp3) is 0.500. The molecule has 1 amide bonds. The van der Waals surface area contributed by atoms with E-state index in [1.165, 1.54) is 12.8 Å². The quantitative estimate of drug-likeness (QED) is 0.368. The molecule has 0 spiro atoms. The Bertz CT molecular complexity index is 1200. The predicted octanol–water partition coefficient (Wildman–Crippen LogP) is 6.72. The molecular weight excluding hydrogens is 475 g/mol. The first kappa shape index (κ1) is 26.6. The van der Waals surface area contributed by atoms with Crippen molar-refractivity contribution in [3.8, 4) is 0 Å². The molecular formula is C32H41FN4O. The van der Waals surface area contributed by atoms with Crippen molar-refractivity contribution >= 4 is 11.6 Å². The Balaban J connectivity index is 1.35. The van der Waals surface area contributed by atoms with Crippen LogP contribution in [0.1, 0.15) is 72.1 Å². The van der Waals surface area contributed by atoms with Crippen LogP contribution < -0.4 is 0 Å². The lowest BCUT2D eigenvalue weighted by Gasteiger charge is -2.38. The first-order chi connectivity index (χ1) is 18.4. The van der Waals surface area contributed by atoms with Gasteiger partial charge < -0.3 is 4.90 Å². The second-order valence-corrected chi connectivity index (χ2v) is 11.1. The molecule has 5 aliphatic rings. The number of hydrogen-bond acceptors (Lipinski definition) is 4. The zero-order valence-corrected chi connectivity index (χ0v) is 23.2. The second kappa shape index (κ2) is 11.8. The highest BCUT2D eigenvalue weighted by Gasteiger charge is 2.32. The summed E-state index contributed by atoms with van der Waals surface area (Å²) in [6, 6.07) is 0.793. The van der Waals surface area contributed by atoms with Gasteiger partial charge >= 0.3 is 0 Å². The molecule has 0 unspecified atom stereocenters. The first-order valence-corrected chi connectivity index (χ1v) is 14.4. The molecule has 202 valence electrons. The Morgan fingerprint density at radius 2 is 1.92 bits per heavy atom. The Morgan fingerprint density at radius 3 is 2.66 bits per heavy atom. The molecule has 1 saturated carbocycles. The molecule has 38 heavy (non-hydrogen) atoms. The van der Waals surface area contributed by atoms with Crippen LogP contribution >= 0.6 is 0 Å². The molecule has 6 heteroatoms. The summed E-state index contributed by atoms with van der Waals surface area (Å²) in [5, 5.41) is 0. The third-order valence-corrected chi connectivity index (χ3v) is 8.13. The zero-order valence-electron chi connectivity index (χ0n) is 23.2. The van der Waals surface area contributed by atoms with E-state index in [0.717, 1.165) is 105 Å². The summed E-state index contributed by atoms with van der Waals surface area (Å²) in [5.41, 5.74) is 6.07. The standard InChI is InChI=1S/C32H41FN4O/c1-4-5-9-28-14-15-29(36-18-16-35(17-19-36)27-12-13-27)22-37(28)31(38)20-23(2)26-8-6-7-25-11-10-24(3)34-32(25)30(33)21-26/h8-9,14-15,20-22,27H,4-7,10-13,16-19H2,1-3H3/b23-20+,26-8?,28-9?,30-21?. The van der Waals surface area contributed by atoms with Crippen LogP contribution in [0.2, 0.25) is 0 Å². The lowest BCUT2D eigenvalue weighted by molar-refractivity contribution is -0.122. The van der Waals surface area contributed by atoms with Crippen molar-refractivity contribution in [2.45, 2.75) is 78.2 Å². The molecule has 0 N–H and O–H groups in total. The number of carbonyl (C=O) groups is 1. The number of halogens is 1. The van der Waals surface area contributed by atoms with Gasteiger partial charge in [0.05, 0.1) is 11.4 Å². The summed E-state index contributed by atoms with van der Waals surface area (Å²) in [6.45, 7) is 10.1. The number of hydrogen-bond donors (Lipinski definition) is 0. The molecule has 0 atom stereocenters. The van der Waals surface area contributed by atoms with E-state index in [1.54, 1.807) is 17.1 Å². The van der Waals surface area contributed by atoms with Gasteiger partial charge in [0.2, 0.25) is 0 Å². The highest BCUT2D eigenvalue weighted by molar-refractivity contribution is 5.92. The van der Waals surface area contributed by atoms with E-state index in [4.69, 9.17) is 0 Å². The molecule has 2 aliphatic carbocycles. The van der Waals surface area contributed by atoms with Crippen molar-refractivity contribution in [1.82, 2.24) is 14.7 Å². The molecule has 0 aromatic rings. The van der Waals surface area contributed by atoms with Crippen LogP contribution in [0.3, 0.4) is 0 Å². The predicted molar refractivity (Wildman–Crippen MR) is 153 cm³/mol. The fourth-order valence-electron chi connectivity index (χ4n) is 5.64. The number of unbranched alkanes of at least 4 members (excludes halogenated alkanes) is 1. The number of nitrogens with zero attached hydrogens (tertiary/aromatic N) is 4. The topological polar surface area (TPSA) is 39.1 Å². The Kier molecular flexibility index (Phi) is 8.27. The second-order valence-electron chi connectivity index (χ2n) is 11.1. The van der Waals surface area contributed by atoms with Crippen LogP contribution in [0.15, 0.2) is 87.3 Å². The average molecular weight is 517 g/mol. The monoisotopic (exact) mass is 516 g/mol. The number of amides is 1. The van der Waals surface area contributed by atoms with Crippen molar-refractivity contribution < 1.29 is 9.18 Å². The van der Waals surface area contributed by atoms with Gasteiger partial charge in [-0.25, -0.2) is 4.39 Å². The summed E-state index contributed by atoms with van der Waals surface area (Å²) in [4.78, 5) is 24.9. The van der Waals surface area contributed by atoms with Crippen LogP contribution in [-0.2, 0) is 4.79 Å². The first-order valence-electron chi connectivity index (χ1n) is 14.4. The number of piperazine rings is 1. The van der Waals surface area contributed by atoms with E-state index in [0.29, 0.717) is 5.70 Å². The summed E-state index contributed by atoms with van der Waals surface area (Å²) in [5.74, 6) is -0.409. The van der Waals surface area contributed by atoms with Gasteiger partial charge in [-0.3, -0.25) is 19.6 Å². The van der Waals surface area contributed by atoms with Crippen LogP contribution in [0.5, 0.6) is 0 Å². The lowest BCUT2D eigenvalue weighted by Crippen LogP contribution is -2.47. The van der Waals surface area contributed by atoms with Crippen molar-refractivity contribution in [3.05, 3.63) is 82.3 Å². The third kappa shape index (κ3) is 6.17. The minimum Gasteiger partial charge on any atom is -0.368 e.